The lowest BCUT2D eigenvalue weighted by Crippen LogP contribution is -2.42. The zero-order chi connectivity index (χ0) is 21.1. The number of carbonyl (C=O) groups excluding carboxylic acids is 1. The van der Waals surface area contributed by atoms with Crippen molar-refractivity contribution in [3.63, 3.8) is 0 Å². The molecule has 1 fully saturated rings. The molecule has 0 spiro atoms. The van der Waals surface area contributed by atoms with Gasteiger partial charge in [0, 0.05) is 16.9 Å². The molecule has 6 heteroatoms. The molecule has 1 aliphatic carbocycles. The van der Waals surface area contributed by atoms with Gasteiger partial charge in [-0.15, -0.1) is 22.9 Å². The third-order valence-electron chi connectivity index (χ3n) is 6.79. The molecular formula is C22H37ClO3SSi. The summed E-state index contributed by atoms with van der Waals surface area (Å²) in [5.74, 6) is 1.43. The highest BCUT2D eigenvalue weighted by Crippen LogP contribution is 2.45. The summed E-state index contributed by atoms with van der Waals surface area (Å²) in [4.78, 5) is 13.5. The number of carbonyl (C=O) groups is 1. The van der Waals surface area contributed by atoms with E-state index in [9.17, 15) is 4.79 Å². The van der Waals surface area contributed by atoms with Crippen LogP contribution in [0.25, 0.3) is 0 Å². The van der Waals surface area contributed by atoms with Gasteiger partial charge in [0.15, 0.2) is 8.32 Å². The fourth-order valence-electron chi connectivity index (χ4n) is 3.83. The van der Waals surface area contributed by atoms with Gasteiger partial charge in [0.05, 0.1) is 7.11 Å². The standard InChI is InChI=1S/C22H37ClO3SSi/c1-15-13-19(23)17(18(15)14-26-28(6,7)22(2,3)4)10-8-9-16-11-12-20(27-16)21(24)25-5/h11-12,15,17-19H,8-10,13-14H2,1-7H3/t15-,17?,18+,19-/m1/s1. The van der Waals surface area contributed by atoms with E-state index >= 15 is 0 Å². The molecule has 28 heavy (non-hydrogen) atoms. The molecule has 0 N–H and O–H groups in total. The van der Waals surface area contributed by atoms with Crippen LogP contribution in [0.4, 0.5) is 0 Å². The quantitative estimate of drug-likeness (QED) is 0.252. The lowest BCUT2D eigenvalue weighted by atomic mass is 9.87. The van der Waals surface area contributed by atoms with Gasteiger partial charge in [0.2, 0.25) is 0 Å². The van der Waals surface area contributed by atoms with Crippen LogP contribution >= 0.6 is 22.9 Å². The molecule has 1 saturated carbocycles. The highest BCUT2D eigenvalue weighted by Gasteiger charge is 2.43. The largest absolute Gasteiger partial charge is 0.465 e. The third kappa shape index (κ3) is 5.84. The second-order valence-corrected chi connectivity index (χ2v) is 16.3. The molecule has 0 radical (unpaired) electrons. The highest BCUT2D eigenvalue weighted by molar-refractivity contribution is 7.13. The molecule has 1 aromatic rings. The maximum absolute atomic E-state index is 11.6. The summed E-state index contributed by atoms with van der Waals surface area (Å²) in [6.07, 6.45) is 4.29. The van der Waals surface area contributed by atoms with Gasteiger partial charge in [-0.3, -0.25) is 0 Å². The fourth-order valence-corrected chi connectivity index (χ4v) is 6.44. The van der Waals surface area contributed by atoms with Crippen LogP contribution < -0.4 is 0 Å². The van der Waals surface area contributed by atoms with E-state index in [1.165, 1.54) is 23.3 Å². The molecule has 0 saturated heterocycles. The van der Waals surface area contributed by atoms with Crippen molar-refractivity contribution in [1.29, 1.82) is 0 Å². The summed E-state index contributed by atoms with van der Waals surface area (Å²) >= 11 is 8.29. The topological polar surface area (TPSA) is 35.5 Å². The molecular weight excluding hydrogens is 408 g/mol. The van der Waals surface area contributed by atoms with Crippen molar-refractivity contribution < 1.29 is 14.0 Å². The average molecular weight is 445 g/mol. The molecule has 1 aliphatic rings. The number of esters is 1. The van der Waals surface area contributed by atoms with E-state index in [4.69, 9.17) is 20.8 Å². The molecule has 2 rings (SSSR count). The Morgan fingerprint density at radius 3 is 2.57 bits per heavy atom. The van der Waals surface area contributed by atoms with Crippen LogP contribution in [-0.4, -0.2) is 33.4 Å². The van der Waals surface area contributed by atoms with Crippen LogP contribution in [0.1, 0.15) is 61.5 Å². The minimum absolute atomic E-state index is 0.237. The number of methoxy groups -OCH3 is 1. The van der Waals surface area contributed by atoms with Crippen LogP contribution in [0.3, 0.4) is 0 Å². The number of alkyl halides is 1. The Kier molecular flexibility index (Phi) is 8.22. The van der Waals surface area contributed by atoms with Crippen LogP contribution in [-0.2, 0) is 15.6 Å². The molecule has 4 atom stereocenters. The predicted molar refractivity (Wildman–Crippen MR) is 122 cm³/mol. The van der Waals surface area contributed by atoms with Crippen molar-refractivity contribution in [3.05, 3.63) is 21.9 Å². The Morgan fingerprint density at radius 2 is 1.96 bits per heavy atom. The molecule has 1 unspecified atom stereocenters. The number of hydrogen-bond donors (Lipinski definition) is 0. The summed E-state index contributed by atoms with van der Waals surface area (Å²) < 4.78 is 11.4. The smallest absolute Gasteiger partial charge is 0.348 e. The molecule has 0 aliphatic heterocycles. The van der Waals surface area contributed by atoms with Gasteiger partial charge in [0.1, 0.15) is 4.88 Å². The van der Waals surface area contributed by atoms with Crippen molar-refractivity contribution in [2.45, 2.75) is 76.9 Å². The van der Waals surface area contributed by atoms with Gasteiger partial charge in [0.25, 0.3) is 0 Å². The Hall–Kier alpha value is -0.363. The first kappa shape index (κ1) is 23.9. The van der Waals surface area contributed by atoms with Gasteiger partial charge in [-0.2, -0.15) is 0 Å². The number of halogens is 1. The zero-order valence-corrected chi connectivity index (χ0v) is 21.1. The first-order valence-corrected chi connectivity index (χ1v) is 14.6. The van der Waals surface area contributed by atoms with E-state index < -0.39 is 8.32 Å². The van der Waals surface area contributed by atoms with Gasteiger partial charge >= 0.3 is 5.97 Å². The number of ether oxygens (including phenoxy) is 1. The Balaban J connectivity index is 1.91. The molecule has 0 bridgehead atoms. The molecule has 1 aromatic heterocycles. The molecule has 0 aromatic carbocycles. The van der Waals surface area contributed by atoms with Crippen LogP contribution in [0.5, 0.6) is 0 Å². The van der Waals surface area contributed by atoms with Gasteiger partial charge in [-0.05, 0) is 73.7 Å². The average Bonchev–Trinajstić information content (AvgIpc) is 3.16. The number of rotatable bonds is 8. The number of thiophene rings is 1. The van der Waals surface area contributed by atoms with Gasteiger partial charge < -0.3 is 9.16 Å². The summed E-state index contributed by atoms with van der Waals surface area (Å²) in [6, 6.07) is 3.91. The summed E-state index contributed by atoms with van der Waals surface area (Å²) in [6.45, 7) is 14.7. The first-order valence-electron chi connectivity index (χ1n) is 10.4. The highest BCUT2D eigenvalue weighted by atomic mass is 35.5. The van der Waals surface area contributed by atoms with Crippen molar-refractivity contribution >= 4 is 37.2 Å². The van der Waals surface area contributed by atoms with E-state index in [1.54, 1.807) is 0 Å². The normalized spacial score (nSPS) is 25.9. The minimum Gasteiger partial charge on any atom is -0.465 e. The molecule has 160 valence electrons. The second-order valence-electron chi connectivity index (χ2n) is 9.78. The predicted octanol–water partition coefficient (Wildman–Crippen LogP) is 6.76. The van der Waals surface area contributed by atoms with Crippen molar-refractivity contribution in [2.24, 2.45) is 17.8 Å². The van der Waals surface area contributed by atoms with Crippen molar-refractivity contribution in [2.75, 3.05) is 13.7 Å². The lowest BCUT2D eigenvalue weighted by Gasteiger charge is -2.38. The Morgan fingerprint density at radius 1 is 1.29 bits per heavy atom. The van der Waals surface area contributed by atoms with E-state index in [1.807, 2.05) is 12.1 Å². The maximum Gasteiger partial charge on any atom is 0.348 e. The number of hydrogen-bond acceptors (Lipinski definition) is 4. The minimum atomic E-state index is -1.73. The van der Waals surface area contributed by atoms with Crippen molar-refractivity contribution in [3.8, 4) is 0 Å². The summed E-state index contributed by atoms with van der Waals surface area (Å²) in [5, 5.41) is 0.485. The molecule has 1 heterocycles. The zero-order valence-electron chi connectivity index (χ0n) is 18.5. The monoisotopic (exact) mass is 444 g/mol. The van der Waals surface area contributed by atoms with Gasteiger partial charge in [-0.25, -0.2) is 4.79 Å². The first-order chi connectivity index (χ1) is 13.0. The van der Waals surface area contributed by atoms with E-state index in [0.717, 1.165) is 32.3 Å². The second kappa shape index (κ2) is 9.63. The Labute approximate surface area is 181 Å². The van der Waals surface area contributed by atoms with E-state index in [0.29, 0.717) is 22.6 Å². The molecule has 3 nitrogen and oxygen atoms in total. The van der Waals surface area contributed by atoms with Gasteiger partial charge in [-0.1, -0.05) is 27.7 Å². The van der Waals surface area contributed by atoms with Crippen LogP contribution in [0.15, 0.2) is 12.1 Å². The third-order valence-corrected chi connectivity index (χ3v) is 12.9. The maximum atomic E-state index is 11.6. The summed E-state index contributed by atoms with van der Waals surface area (Å²) in [7, 11) is -0.308. The van der Waals surface area contributed by atoms with E-state index in [2.05, 4.69) is 40.8 Å². The Bertz CT molecular complexity index is 652. The van der Waals surface area contributed by atoms with Crippen LogP contribution in [0.2, 0.25) is 18.1 Å². The molecule has 0 amide bonds. The van der Waals surface area contributed by atoms with Crippen LogP contribution in [0, 0.1) is 17.8 Å². The fraction of sp³-hybridized carbons (Fsp3) is 0.773. The lowest BCUT2D eigenvalue weighted by molar-refractivity contribution is 0.0606. The van der Waals surface area contributed by atoms with E-state index in [-0.39, 0.29) is 16.4 Å². The summed E-state index contributed by atoms with van der Waals surface area (Å²) in [5.41, 5.74) is 0. The number of aryl methyl sites for hydroxylation is 1. The van der Waals surface area contributed by atoms with Crippen molar-refractivity contribution in [1.82, 2.24) is 0 Å². The SMILES string of the molecule is COC(=O)c1ccc(CCCC2[C@H](Cl)C[C@@H](C)[C@@H]2CO[Si](C)(C)C(C)(C)C)s1.